The van der Waals surface area contributed by atoms with E-state index in [0.29, 0.717) is 0 Å². The van der Waals surface area contributed by atoms with Gasteiger partial charge in [-0.25, -0.2) is 0 Å². The van der Waals surface area contributed by atoms with Crippen LogP contribution in [0.25, 0.3) is 12.2 Å². The average molecular weight is 135 g/mol. The number of aromatic amines is 1. The van der Waals surface area contributed by atoms with Crippen molar-refractivity contribution in [2.45, 2.75) is 0 Å². The highest BCUT2D eigenvalue weighted by Crippen LogP contribution is 2.06. The Hall–Kier alpha value is -1.51. The van der Waals surface area contributed by atoms with Gasteiger partial charge in [-0.1, -0.05) is 6.58 Å². The van der Waals surface area contributed by atoms with Gasteiger partial charge in [0.15, 0.2) is 0 Å². The van der Waals surface area contributed by atoms with Crippen LogP contribution in [0.5, 0.6) is 0 Å². The van der Waals surface area contributed by atoms with Crippen LogP contribution in [0.15, 0.2) is 19.0 Å². The molecule has 3 nitrogen and oxygen atoms in total. The smallest absolute Gasteiger partial charge is 0.0644 e. The molecule has 1 heterocycles. The van der Waals surface area contributed by atoms with Crippen LogP contribution < -0.4 is 5.73 Å². The normalized spacial score (nSPS) is 10.4. The van der Waals surface area contributed by atoms with Crippen molar-refractivity contribution < 1.29 is 0 Å². The van der Waals surface area contributed by atoms with Crippen molar-refractivity contribution in [3.63, 3.8) is 0 Å². The van der Waals surface area contributed by atoms with Gasteiger partial charge in [0.25, 0.3) is 0 Å². The standard InChI is InChI=1S/C7H9N3/c1-2-7-6(3-4-8)5-9-10-7/h2-5H,1,8H2,(H,9,10)/b4-3+. The van der Waals surface area contributed by atoms with Crippen molar-refractivity contribution >= 4 is 12.2 Å². The van der Waals surface area contributed by atoms with Crippen LogP contribution in [0, 0.1) is 0 Å². The molecule has 10 heavy (non-hydrogen) atoms. The van der Waals surface area contributed by atoms with Gasteiger partial charge in [-0.05, 0) is 18.4 Å². The molecule has 0 spiro atoms. The fraction of sp³-hybridized carbons (Fsp3) is 0. The molecule has 0 saturated carbocycles. The van der Waals surface area contributed by atoms with Crippen LogP contribution in [0.2, 0.25) is 0 Å². The third-order valence-electron chi connectivity index (χ3n) is 1.18. The van der Waals surface area contributed by atoms with Gasteiger partial charge in [0.2, 0.25) is 0 Å². The second kappa shape index (κ2) is 2.87. The Bertz CT molecular complexity index is 247. The van der Waals surface area contributed by atoms with Crippen LogP contribution >= 0.6 is 0 Å². The van der Waals surface area contributed by atoms with Crippen molar-refractivity contribution in [3.05, 3.63) is 30.2 Å². The Morgan fingerprint density at radius 2 is 2.50 bits per heavy atom. The summed E-state index contributed by atoms with van der Waals surface area (Å²) in [6.45, 7) is 3.60. The number of nitrogens with two attached hydrogens (primary N) is 1. The maximum Gasteiger partial charge on any atom is 0.0644 e. The molecule has 0 fully saturated rings. The van der Waals surface area contributed by atoms with E-state index in [9.17, 15) is 0 Å². The highest BCUT2D eigenvalue weighted by Gasteiger charge is 1.94. The summed E-state index contributed by atoms with van der Waals surface area (Å²) in [5.74, 6) is 0. The molecule has 3 heteroatoms. The largest absolute Gasteiger partial charge is 0.405 e. The molecule has 0 radical (unpaired) electrons. The number of H-pyrrole nitrogens is 1. The summed E-state index contributed by atoms with van der Waals surface area (Å²) in [6, 6.07) is 0. The lowest BCUT2D eigenvalue weighted by atomic mass is 10.2. The summed E-state index contributed by atoms with van der Waals surface area (Å²) < 4.78 is 0. The number of rotatable bonds is 2. The van der Waals surface area contributed by atoms with Crippen LogP contribution in [0.1, 0.15) is 11.3 Å². The highest BCUT2D eigenvalue weighted by atomic mass is 15.1. The summed E-state index contributed by atoms with van der Waals surface area (Å²) in [6.07, 6.45) is 6.63. The zero-order chi connectivity index (χ0) is 7.40. The van der Waals surface area contributed by atoms with Crippen LogP contribution in [0.3, 0.4) is 0 Å². The Morgan fingerprint density at radius 3 is 3.10 bits per heavy atom. The third kappa shape index (κ3) is 1.07. The summed E-state index contributed by atoms with van der Waals surface area (Å²) in [5.41, 5.74) is 7.03. The molecule has 3 N–H and O–H groups in total. The maximum atomic E-state index is 5.19. The van der Waals surface area contributed by atoms with E-state index in [-0.39, 0.29) is 0 Å². The highest BCUT2D eigenvalue weighted by molar-refractivity contribution is 5.60. The minimum atomic E-state index is 0.890. The predicted octanol–water partition coefficient (Wildman–Crippen LogP) is 0.982. The molecule has 0 aliphatic rings. The molecule has 1 aromatic heterocycles. The zero-order valence-corrected chi connectivity index (χ0v) is 5.54. The summed E-state index contributed by atoms with van der Waals surface area (Å²) in [4.78, 5) is 0. The molecule has 1 aromatic rings. The minimum absolute atomic E-state index is 0.890. The zero-order valence-electron chi connectivity index (χ0n) is 5.54. The van der Waals surface area contributed by atoms with Gasteiger partial charge in [-0.2, -0.15) is 5.10 Å². The number of aromatic nitrogens is 2. The molecular weight excluding hydrogens is 126 g/mol. The SMILES string of the molecule is C=Cc1[nH]ncc1/C=C/N. The van der Waals surface area contributed by atoms with E-state index in [2.05, 4.69) is 16.8 Å². The second-order valence-electron chi connectivity index (χ2n) is 1.80. The van der Waals surface area contributed by atoms with E-state index < -0.39 is 0 Å². The van der Waals surface area contributed by atoms with Crippen molar-refractivity contribution in [3.8, 4) is 0 Å². The Balaban J connectivity index is 3.00. The van der Waals surface area contributed by atoms with Crippen molar-refractivity contribution in [1.29, 1.82) is 0 Å². The van der Waals surface area contributed by atoms with E-state index in [0.717, 1.165) is 11.3 Å². The monoisotopic (exact) mass is 135 g/mol. The molecule has 52 valence electrons. The van der Waals surface area contributed by atoms with Gasteiger partial charge in [0, 0.05) is 5.56 Å². The van der Waals surface area contributed by atoms with Gasteiger partial charge in [0.1, 0.15) is 0 Å². The molecule has 0 unspecified atom stereocenters. The summed E-state index contributed by atoms with van der Waals surface area (Å²) in [7, 11) is 0. The molecule has 0 bridgehead atoms. The van der Waals surface area contributed by atoms with E-state index >= 15 is 0 Å². The Morgan fingerprint density at radius 1 is 1.70 bits per heavy atom. The lowest BCUT2D eigenvalue weighted by Gasteiger charge is -1.85. The first-order valence-corrected chi connectivity index (χ1v) is 2.92. The third-order valence-corrected chi connectivity index (χ3v) is 1.18. The van der Waals surface area contributed by atoms with Gasteiger partial charge in [0.05, 0.1) is 11.9 Å². The van der Waals surface area contributed by atoms with E-state index in [4.69, 9.17) is 5.73 Å². The maximum absolute atomic E-state index is 5.19. The lowest BCUT2D eigenvalue weighted by molar-refractivity contribution is 1.08. The van der Waals surface area contributed by atoms with Crippen LogP contribution in [-0.2, 0) is 0 Å². The number of hydrogen-bond acceptors (Lipinski definition) is 2. The predicted molar refractivity (Wildman–Crippen MR) is 41.9 cm³/mol. The fourth-order valence-corrected chi connectivity index (χ4v) is 0.705. The average Bonchev–Trinajstić information content (AvgIpc) is 2.36. The molecule has 0 aliphatic heterocycles. The van der Waals surface area contributed by atoms with E-state index in [1.807, 2.05) is 0 Å². The minimum Gasteiger partial charge on any atom is -0.405 e. The Kier molecular flexibility index (Phi) is 1.89. The quantitative estimate of drug-likeness (QED) is 0.635. The number of hydrogen-bond donors (Lipinski definition) is 2. The van der Waals surface area contributed by atoms with Gasteiger partial charge < -0.3 is 5.73 Å². The molecule has 0 aliphatic carbocycles. The second-order valence-corrected chi connectivity index (χ2v) is 1.80. The molecule has 0 saturated heterocycles. The number of nitrogens with one attached hydrogen (secondary N) is 1. The fourth-order valence-electron chi connectivity index (χ4n) is 0.705. The molecule has 0 amide bonds. The molecule has 0 aromatic carbocycles. The molecule has 1 rings (SSSR count). The van der Waals surface area contributed by atoms with E-state index in [1.54, 1.807) is 18.3 Å². The van der Waals surface area contributed by atoms with Crippen molar-refractivity contribution in [2.24, 2.45) is 5.73 Å². The summed E-state index contributed by atoms with van der Waals surface area (Å²) >= 11 is 0. The topological polar surface area (TPSA) is 54.7 Å². The lowest BCUT2D eigenvalue weighted by Crippen LogP contribution is -1.78. The Labute approximate surface area is 59.2 Å². The van der Waals surface area contributed by atoms with E-state index in [1.165, 1.54) is 6.20 Å². The first-order chi connectivity index (χ1) is 4.88. The summed E-state index contributed by atoms with van der Waals surface area (Å²) in [5, 5.41) is 6.57. The number of nitrogens with zero attached hydrogens (tertiary/aromatic N) is 1. The van der Waals surface area contributed by atoms with Crippen molar-refractivity contribution in [2.75, 3.05) is 0 Å². The van der Waals surface area contributed by atoms with Crippen molar-refractivity contribution in [1.82, 2.24) is 10.2 Å². The van der Waals surface area contributed by atoms with Gasteiger partial charge in [-0.3, -0.25) is 5.10 Å². The van der Waals surface area contributed by atoms with Crippen LogP contribution in [-0.4, -0.2) is 10.2 Å². The van der Waals surface area contributed by atoms with Gasteiger partial charge >= 0.3 is 0 Å². The molecule has 0 atom stereocenters. The van der Waals surface area contributed by atoms with Gasteiger partial charge in [-0.15, -0.1) is 0 Å². The van der Waals surface area contributed by atoms with Crippen LogP contribution in [0.4, 0.5) is 0 Å². The first kappa shape index (κ1) is 6.61. The first-order valence-electron chi connectivity index (χ1n) is 2.92. The molecular formula is C7H9N3.